The normalized spacial score (nSPS) is 12.1. The Morgan fingerprint density at radius 3 is 2.82 bits per heavy atom. The van der Waals surface area contributed by atoms with Crippen LogP contribution in [0.4, 0.5) is 5.69 Å². The van der Waals surface area contributed by atoms with Crippen LogP contribution < -0.4 is 10.1 Å². The molecule has 1 heterocycles. The third-order valence-corrected chi connectivity index (χ3v) is 3.69. The third kappa shape index (κ3) is 3.26. The lowest BCUT2D eigenvalue weighted by Gasteiger charge is -2.06. The fourth-order valence-electron chi connectivity index (χ4n) is 2.50. The van der Waals surface area contributed by atoms with Crippen LogP contribution in [-0.4, -0.2) is 12.5 Å². The van der Waals surface area contributed by atoms with Gasteiger partial charge in [0.05, 0.1) is 18.2 Å². The maximum absolute atomic E-state index is 12.0. The maximum atomic E-state index is 12.0. The van der Waals surface area contributed by atoms with Crippen molar-refractivity contribution >= 4 is 11.6 Å². The Morgan fingerprint density at radius 2 is 2.05 bits per heavy atom. The maximum Gasteiger partial charge on any atom is 0.224 e. The number of hydrogen-bond donors (Lipinski definition) is 1. The van der Waals surface area contributed by atoms with Crippen LogP contribution in [0.5, 0.6) is 5.75 Å². The summed E-state index contributed by atoms with van der Waals surface area (Å²) in [4.78, 5) is 12.0. The molecule has 1 amide bonds. The molecule has 2 aromatic carbocycles. The minimum absolute atomic E-state index is 0.0264. The van der Waals surface area contributed by atoms with E-state index < -0.39 is 0 Å². The molecule has 1 aliphatic heterocycles. The molecule has 0 unspecified atom stereocenters. The number of fused-ring (bicyclic) bond motifs is 1. The molecular formula is C18H16N2O2. The zero-order valence-corrected chi connectivity index (χ0v) is 12.1. The average Bonchev–Trinajstić information content (AvgIpc) is 3.01. The lowest BCUT2D eigenvalue weighted by atomic mass is 10.0. The number of nitriles is 1. The first kappa shape index (κ1) is 14.2. The van der Waals surface area contributed by atoms with Crippen molar-refractivity contribution < 1.29 is 9.53 Å². The summed E-state index contributed by atoms with van der Waals surface area (Å²) in [7, 11) is 0. The summed E-state index contributed by atoms with van der Waals surface area (Å²) in [6.07, 6.45) is 2.08. The van der Waals surface area contributed by atoms with Gasteiger partial charge in [0.15, 0.2) is 0 Å². The zero-order valence-electron chi connectivity index (χ0n) is 12.1. The molecule has 0 saturated heterocycles. The lowest BCUT2D eigenvalue weighted by molar-refractivity contribution is -0.116. The Kier molecular flexibility index (Phi) is 4.06. The van der Waals surface area contributed by atoms with Crippen molar-refractivity contribution in [3.8, 4) is 11.8 Å². The van der Waals surface area contributed by atoms with Crippen LogP contribution in [0, 0.1) is 11.3 Å². The number of hydrogen-bond acceptors (Lipinski definition) is 3. The number of benzene rings is 2. The van der Waals surface area contributed by atoms with E-state index in [4.69, 9.17) is 10.00 Å². The molecule has 0 atom stereocenters. The highest BCUT2D eigenvalue weighted by Crippen LogP contribution is 2.26. The molecule has 1 aliphatic rings. The summed E-state index contributed by atoms with van der Waals surface area (Å²) in [5.41, 5.74) is 3.67. The van der Waals surface area contributed by atoms with E-state index in [1.54, 1.807) is 24.3 Å². The van der Waals surface area contributed by atoms with Gasteiger partial charge in [-0.05, 0) is 47.9 Å². The molecule has 0 fully saturated rings. The van der Waals surface area contributed by atoms with Gasteiger partial charge in [0, 0.05) is 18.5 Å². The monoisotopic (exact) mass is 292 g/mol. The Labute approximate surface area is 129 Å². The van der Waals surface area contributed by atoms with E-state index in [-0.39, 0.29) is 5.91 Å². The van der Waals surface area contributed by atoms with Crippen LogP contribution in [-0.2, 0) is 17.6 Å². The summed E-state index contributed by atoms with van der Waals surface area (Å²) >= 11 is 0. The molecule has 4 heteroatoms. The Bertz CT molecular complexity index is 730. The van der Waals surface area contributed by atoms with Crippen molar-refractivity contribution in [2.24, 2.45) is 0 Å². The highest BCUT2D eigenvalue weighted by atomic mass is 16.5. The van der Waals surface area contributed by atoms with Gasteiger partial charge in [-0.15, -0.1) is 0 Å². The van der Waals surface area contributed by atoms with Gasteiger partial charge in [0.25, 0.3) is 0 Å². The Hall–Kier alpha value is -2.80. The number of carbonyl (C=O) groups excluding carboxylic acids is 1. The topological polar surface area (TPSA) is 62.1 Å². The van der Waals surface area contributed by atoms with Crippen LogP contribution in [0.15, 0.2) is 42.5 Å². The number of aryl methyl sites for hydroxylation is 1. The van der Waals surface area contributed by atoms with Crippen molar-refractivity contribution in [3.05, 3.63) is 59.2 Å². The van der Waals surface area contributed by atoms with E-state index in [9.17, 15) is 4.79 Å². The molecule has 0 spiro atoms. The molecule has 22 heavy (non-hydrogen) atoms. The largest absolute Gasteiger partial charge is 0.493 e. The van der Waals surface area contributed by atoms with Gasteiger partial charge in [-0.1, -0.05) is 12.1 Å². The fraction of sp³-hybridized carbons (Fsp3) is 0.222. The number of nitrogens with zero attached hydrogens (tertiary/aromatic N) is 1. The fourth-order valence-corrected chi connectivity index (χ4v) is 2.50. The van der Waals surface area contributed by atoms with Crippen LogP contribution >= 0.6 is 0 Å². The molecule has 4 nitrogen and oxygen atoms in total. The number of rotatable bonds is 4. The summed E-state index contributed by atoms with van der Waals surface area (Å²) in [6, 6.07) is 15.0. The number of amides is 1. The molecular weight excluding hydrogens is 276 g/mol. The van der Waals surface area contributed by atoms with E-state index in [0.29, 0.717) is 24.1 Å². The van der Waals surface area contributed by atoms with Gasteiger partial charge in [-0.2, -0.15) is 5.26 Å². The highest BCUT2D eigenvalue weighted by Gasteiger charge is 2.12. The predicted molar refractivity (Wildman–Crippen MR) is 83.7 cm³/mol. The van der Waals surface area contributed by atoms with E-state index in [1.807, 2.05) is 12.1 Å². The quantitative estimate of drug-likeness (QED) is 0.942. The molecule has 0 radical (unpaired) electrons. The minimum Gasteiger partial charge on any atom is -0.493 e. The standard InChI is InChI=1S/C18H16N2O2/c19-12-14-1-5-16(6-2-14)20-18(21)8-4-13-3-7-17-15(11-13)9-10-22-17/h1-3,5-7,11H,4,8-10H2,(H,20,21). The van der Waals surface area contributed by atoms with Gasteiger partial charge in [0.1, 0.15) is 5.75 Å². The van der Waals surface area contributed by atoms with Crippen molar-refractivity contribution in [3.63, 3.8) is 0 Å². The second-order valence-electron chi connectivity index (χ2n) is 5.28. The van der Waals surface area contributed by atoms with Crippen molar-refractivity contribution in [2.75, 3.05) is 11.9 Å². The number of anilines is 1. The second kappa shape index (κ2) is 6.31. The smallest absolute Gasteiger partial charge is 0.224 e. The van der Waals surface area contributed by atoms with Crippen molar-refractivity contribution in [2.45, 2.75) is 19.3 Å². The van der Waals surface area contributed by atoms with E-state index in [0.717, 1.165) is 24.3 Å². The Morgan fingerprint density at radius 1 is 1.23 bits per heavy atom. The SMILES string of the molecule is N#Cc1ccc(NC(=O)CCc2ccc3c(c2)CCO3)cc1. The third-order valence-electron chi connectivity index (χ3n) is 3.69. The predicted octanol–water partition coefficient (Wildman–Crippen LogP) is 3.06. The van der Waals surface area contributed by atoms with E-state index in [1.165, 1.54) is 5.56 Å². The molecule has 1 N–H and O–H groups in total. The van der Waals surface area contributed by atoms with Crippen LogP contribution in [0.3, 0.4) is 0 Å². The minimum atomic E-state index is -0.0264. The molecule has 3 rings (SSSR count). The number of nitrogens with one attached hydrogen (secondary N) is 1. The first-order valence-corrected chi connectivity index (χ1v) is 7.29. The molecule has 2 aromatic rings. The number of carbonyl (C=O) groups is 1. The number of ether oxygens (including phenoxy) is 1. The highest BCUT2D eigenvalue weighted by molar-refractivity contribution is 5.90. The Balaban J connectivity index is 1.54. The molecule has 0 aliphatic carbocycles. The van der Waals surface area contributed by atoms with E-state index >= 15 is 0 Å². The first-order chi connectivity index (χ1) is 10.7. The van der Waals surface area contributed by atoms with E-state index in [2.05, 4.69) is 17.5 Å². The lowest BCUT2D eigenvalue weighted by Crippen LogP contribution is -2.12. The summed E-state index contributed by atoms with van der Waals surface area (Å²) < 4.78 is 5.47. The summed E-state index contributed by atoms with van der Waals surface area (Å²) in [6.45, 7) is 0.748. The van der Waals surface area contributed by atoms with Crippen molar-refractivity contribution in [1.82, 2.24) is 0 Å². The second-order valence-corrected chi connectivity index (χ2v) is 5.28. The molecule has 0 bridgehead atoms. The average molecular weight is 292 g/mol. The van der Waals surface area contributed by atoms with Gasteiger partial charge in [-0.3, -0.25) is 4.79 Å². The van der Waals surface area contributed by atoms with Crippen LogP contribution in [0.2, 0.25) is 0 Å². The van der Waals surface area contributed by atoms with Gasteiger partial charge in [-0.25, -0.2) is 0 Å². The van der Waals surface area contributed by atoms with Gasteiger partial charge in [0.2, 0.25) is 5.91 Å². The van der Waals surface area contributed by atoms with Crippen molar-refractivity contribution in [1.29, 1.82) is 5.26 Å². The van der Waals surface area contributed by atoms with Gasteiger partial charge < -0.3 is 10.1 Å². The molecule has 110 valence electrons. The van der Waals surface area contributed by atoms with Crippen LogP contribution in [0.1, 0.15) is 23.1 Å². The summed E-state index contributed by atoms with van der Waals surface area (Å²) in [5.74, 6) is 0.937. The van der Waals surface area contributed by atoms with Gasteiger partial charge >= 0.3 is 0 Å². The zero-order chi connectivity index (χ0) is 15.4. The molecule has 0 aromatic heterocycles. The summed E-state index contributed by atoms with van der Waals surface area (Å²) in [5, 5.41) is 11.6. The molecule has 0 saturated carbocycles. The van der Waals surface area contributed by atoms with Crippen LogP contribution in [0.25, 0.3) is 0 Å². The first-order valence-electron chi connectivity index (χ1n) is 7.29.